The summed E-state index contributed by atoms with van der Waals surface area (Å²) in [6.45, 7) is 5.55. The predicted molar refractivity (Wildman–Crippen MR) is 119 cm³/mol. The molecule has 0 spiro atoms. The van der Waals surface area contributed by atoms with Crippen LogP contribution in [0.3, 0.4) is 0 Å². The van der Waals surface area contributed by atoms with Crippen LogP contribution in [-0.4, -0.2) is 35.1 Å². The summed E-state index contributed by atoms with van der Waals surface area (Å²) in [7, 11) is 1.93. The Labute approximate surface area is 183 Å². The van der Waals surface area contributed by atoms with Crippen LogP contribution in [0.1, 0.15) is 25.0 Å². The zero-order chi connectivity index (χ0) is 22.7. The molecular formula is C22H25BrF2N4O. The van der Waals surface area contributed by atoms with E-state index in [1.54, 1.807) is 6.20 Å². The maximum Gasteiger partial charge on any atom is 0.299 e. The number of likely N-dealkylation sites (N-methyl/N-ethyl adjacent to an activating group) is 1. The van der Waals surface area contributed by atoms with E-state index < -0.39 is 12.2 Å². The number of halogens is 3. The van der Waals surface area contributed by atoms with E-state index in [-0.39, 0.29) is 0 Å². The minimum atomic E-state index is -3.14. The molecule has 0 aliphatic heterocycles. The minimum absolute atomic E-state index is 0.374. The van der Waals surface area contributed by atoms with E-state index in [0.717, 1.165) is 21.9 Å². The van der Waals surface area contributed by atoms with Gasteiger partial charge in [0, 0.05) is 22.8 Å². The number of alkyl halides is 2. The van der Waals surface area contributed by atoms with Crippen LogP contribution in [0.4, 0.5) is 8.78 Å². The lowest BCUT2D eigenvalue weighted by molar-refractivity contribution is -0.126. The van der Waals surface area contributed by atoms with Gasteiger partial charge in [0.25, 0.3) is 5.92 Å². The average molecular weight is 479 g/mol. The monoisotopic (exact) mass is 478 g/mol. The van der Waals surface area contributed by atoms with Gasteiger partial charge in [0.05, 0.1) is 29.9 Å². The van der Waals surface area contributed by atoms with Gasteiger partial charge in [-0.25, -0.2) is 0 Å². The van der Waals surface area contributed by atoms with Crippen molar-refractivity contribution in [1.82, 2.24) is 15.1 Å². The highest BCUT2D eigenvalue weighted by molar-refractivity contribution is 9.10. The number of aldehydes is 1. The van der Waals surface area contributed by atoms with Crippen molar-refractivity contribution in [2.45, 2.75) is 39.3 Å². The molecule has 1 unspecified atom stereocenters. The van der Waals surface area contributed by atoms with E-state index in [4.69, 9.17) is 10.1 Å². The highest BCUT2D eigenvalue weighted by Crippen LogP contribution is 2.15. The Morgan fingerprint density at radius 2 is 1.90 bits per heavy atom. The number of benzene rings is 2. The highest BCUT2D eigenvalue weighted by Gasteiger charge is 2.17. The van der Waals surface area contributed by atoms with Crippen molar-refractivity contribution in [3.8, 4) is 6.07 Å². The normalized spacial score (nSPS) is 11.4. The number of hydrogen-bond acceptors (Lipinski definition) is 4. The van der Waals surface area contributed by atoms with Gasteiger partial charge in [-0.15, -0.1) is 0 Å². The fourth-order valence-electron chi connectivity index (χ4n) is 2.19. The molecule has 0 saturated heterocycles. The number of carbonyl (C=O) groups excluding carboxylic acids is 1. The number of nitriles is 1. The van der Waals surface area contributed by atoms with Crippen molar-refractivity contribution in [3.63, 3.8) is 0 Å². The smallest absolute Gasteiger partial charge is 0.299 e. The molecule has 30 heavy (non-hydrogen) atoms. The lowest BCUT2D eigenvalue weighted by atomic mass is 10.2. The van der Waals surface area contributed by atoms with Crippen molar-refractivity contribution >= 4 is 33.1 Å². The van der Waals surface area contributed by atoms with Crippen LogP contribution >= 0.6 is 15.9 Å². The van der Waals surface area contributed by atoms with Gasteiger partial charge in [-0.1, -0.05) is 33.6 Å². The van der Waals surface area contributed by atoms with Crippen LogP contribution in [-0.2, 0) is 11.3 Å². The maximum atomic E-state index is 11.1. The fraction of sp³-hybridized carbons (Fsp3) is 0.318. The van der Waals surface area contributed by atoms with Crippen molar-refractivity contribution in [2.24, 2.45) is 0 Å². The summed E-state index contributed by atoms with van der Waals surface area (Å²) in [5.41, 5.74) is 3.04. The topological polar surface area (TPSA) is 70.7 Å². The van der Waals surface area contributed by atoms with E-state index in [0.29, 0.717) is 18.5 Å². The molecule has 0 radical (unpaired) electrons. The molecule has 0 fully saturated rings. The van der Waals surface area contributed by atoms with Gasteiger partial charge in [-0.3, -0.25) is 9.48 Å². The molecule has 0 bridgehead atoms. The number of rotatable bonds is 4. The first kappa shape index (κ1) is 25.4. The van der Waals surface area contributed by atoms with Gasteiger partial charge in [-0.05, 0) is 51.2 Å². The molecule has 1 heterocycles. The summed E-state index contributed by atoms with van der Waals surface area (Å²) >= 11 is 3.35. The highest BCUT2D eigenvalue weighted by atomic mass is 79.9. The lowest BCUT2D eigenvalue weighted by Crippen LogP contribution is -2.27. The molecule has 5 nitrogen and oxygen atoms in total. The number of hydrogen-bond donors (Lipinski definition) is 1. The van der Waals surface area contributed by atoms with E-state index in [1.165, 1.54) is 5.56 Å². The molecule has 0 aliphatic carbocycles. The third-order valence-corrected chi connectivity index (χ3v) is 4.46. The summed E-state index contributed by atoms with van der Waals surface area (Å²) < 4.78 is 25.3. The third kappa shape index (κ3) is 9.25. The van der Waals surface area contributed by atoms with Gasteiger partial charge in [0.2, 0.25) is 0 Å². The summed E-state index contributed by atoms with van der Waals surface area (Å²) in [5, 5.41) is 17.3. The Balaban J connectivity index is 0.000000268. The molecule has 3 rings (SSSR count). The van der Waals surface area contributed by atoms with Crippen LogP contribution in [0, 0.1) is 18.3 Å². The first-order valence-corrected chi connectivity index (χ1v) is 9.98. The first-order valence-electron chi connectivity index (χ1n) is 9.19. The van der Waals surface area contributed by atoms with Crippen molar-refractivity contribution < 1.29 is 13.6 Å². The van der Waals surface area contributed by atoms with Gasteiger partial charge >= 0.3 is 0 Å². The van der Waals surface area contributed by atoms with E-state index in [2.05, 4.69) is 58.4 Å². The molecule has 1 atom stereocenters. The standard InChI is InChI=1S/C12H14N4.C7H7Br.C3H4F2O/c1-9(14-2)8-16-12-4-3-10(6-13)5-11(12)7-15-16;1-6-2-4-7(8)5-3-6;1-3(4,5)2-6/h3-5,7,9,14H,8H2,1-2H3;2-5H,1H3;2H,1H3. The van der Waals surface area contributed by atoms with Gasteiger partial charge in [0.15, 0.2) is 6.29 Å². The molecule has 1 aromatic heterocycles. The second-order valence-corrected chi connectivity index (χ2v) is 7.69. The predicted octanol–water partition coefficient (Wildman–Crippen LogP) is 5.11. The van der Waals surface area contributed by atoms with Crippen molar-refractivity contribution in [3.05, 3.63) is 64.3 Å². The van der Waals surface area contributed by atoms with Gasteiger partial charge in [-0.2, -0.15) is 19.1 Å². The molecule has 0 aliphatic rings. The van der Waals surface area contributed by atoms with Gasteiger partial charge < -0.3 is 5.32 Å². The molecule has 3 aromatic rings. The first-order chi connectivity index (χ1) is 14.1. The number of nitrogens with zero attached hydrogens (tertiary/aromatic N) is 3. The molecule has 160 valence electrons. The zero-order valence-electron chi connectivity index (χ0n) is 17.4. The molecular weight excluding hydrogens is 454 g/mol. The van der Waals surface area contributed by atoms with Crippen LogP contribution in [0.5, 0.6) is 0 Å². The van der Waals surface area contributed by atoms with Crippen LogP contribution < -0.4 is 5.32 Å². The average Bonchev–Trinajstić information content (AvgIpc) is 3.12. The molecule has 8 heteroatoms. The zero-order valence-corrected chi connectivity index (χ0v) is 19.0. The lowest BCUT2D eigenvalue weighted by Gasteiger charge is -2.10. The summed E-state index contributed by atoms with van der Waals surface area (Å²) in [6, 6.07) is 16.4. The van der Waals surface area contributed by atoms with Crippen LogP contribution in [0.15, 0.2) is 53.1 Å². The van der Waals surface area contributed by atoms with Crippen molar-refractivity contribution in [2.75, 3.05) is 7.05 Å². The summed E-state index contributed by atoms with van der Waals surface area (Å²) in [4.78, 5) is 9.08. The van der Waals surface area contributed by atoms with Gasteiger partial charge in [0.1, 0.15) is 0 Å². The fourth-order valence-corrected chi connectivity index (χ4v) is 2.45. The van der Waals surface area contributed by atoms with Crippen LogP contribution in [0.2, 0.25) is 0 Å². The minimum Gasteiger partial charge on any atom is -0.315 e. The molecule has 1 N–H and O–H groups in total. The quantitative estimate of drug-likeness (QED) is 0.528. The van der Waals surface area contributed by atoms with Crippen molar-refractivity contribution in [1.29, 1.82) is 5.26 Å². The second kappa shape index (κ2) is 12.2. The van der Waals surface area contributed by atoms with E-state index >= 15 is 0 Å². The number of fused-ring (bicyclic) bond motifs is 1. The largest absolute Gasteiger partial charge is 0.315 e. The maximum absolute atomic E-state index is 11.1. The Bertz CT molecular complexity index is 954. The van der Waals surface area contributed by atoms with E-state index in [1.807, 2.05) is 42.1 Å². The Morgan fingerprint density at radius 3 is 2.37 bits per heavy atom. The number of aromatic nitrogens is 2. The molecule has 2 aromatic carbocycles. The third-order valence-electron chi connectivity index (χ3n) is 3.93. The Hall–Kier alpha value is -2.63. The number of nitrogens with one attached hydrogen (secondary N) is 1. The molecule has 0 amide bonds. The SMILES string of the molecule is CC(F)(F)C=O.CNC(C)Cn1ncc2cc(C#N)ccc21.Cc1ccc(Br)cc1. The summed E-state index contributed by atoms with van der Waals surface area (Å²) in [5.74, 6) is -3.14. The second-order valence-electron chi connectivity index (χ2n) is 6.77. The Kier molecular flexibility index (Phi) is 10.3. The Morgan fingerprint density at radius 1 is 1.30 bits per heavy atom. The summed E-state index contributed by atoms with van der Waals surface area (Å²) in [6.07, 6.45) is 1.41. The molecule has 0 saturated carbocycles. The number of carbonyl (C=O) groups is 1. The van der Waals surface area contributed by atoms with E-state index in [9.17, 15) is 8.78 Å². The number of aryl methyl sites for hydroxylation is 1. The van der Waals surface area contributed by atoms with Crippen LogP contribution in [0.25, 0.3) is 10.9 Å².